The quantitative estimate of drug-likeness (QED) is 0.649. The first-order chi connectivity index (χ1) is 10.0. The Balaban J connectivity index is 2.08. The second-order valence-corrected chi connectivity index (χ2v) is 5.98. The van der Waals surface area contributed by atoms with Gasteiger partial charge in [-0.3, -0.25) is 9.32 Å². The van der Waals surface area contributed by atoms with E-state index in [1.165, 1.54) is 16.4 Å². The van der Waals surface area contributed by atoms with E-state index in [1.807, 2.05) is 6.92 Å². The Morgan fingerprint density at radius 3 is 2.67 bits per heavy atom. The van der Waals surface area contributed by atoms with Crippen molar-refractivity contribution in [3.05, 3.63) is 39.7 Å². The number of rotatable bonds is 5. The van der Waals surface area contributed by atoms with Gasteiger partial charge in [-0.05, 0) is 47.7 Å². The number of nitrogens with zero attached hydrogens (tertiary/aromatic N) is 1. The van der Waals surface area contributed by atoms with Gasteiger partial charge in [-0.1, -0.05) is 23.2 Å². The van der Waals surface area contributed by atoms with Gasteiger partial charge in [0.15, 0.2) is 7.05 Å². The molecule has 0 saturated heterocycles. The van der Waals surface area contributed by atoms with Crippen LogP contribution in [0.4, 0.5) is 5.69 Å². The van der Waals surface area contributed by atoms with Crippen LogP contribution >= 0.6 is 23.4 Å². The van der Waals surface area contributed by atoms with E-state index in [1.54, 1.807) is 31.3 Å². The van der Waals surface area contributed by atoms with Gasteiger partial charge in [0.25, 0.3) is 0 Å². The lowest BCUT2D eigenvalue weighted by atomic mass is 10.3. The van der Waals surface area contributed by atoms with E-state index in [4.69, 9.17) is 11.6 Å². The zero-order chi connectivity index (χ0) is 15.4. The molecule has 0 bridgehead atoms. The predicted octanol–water partition coefficient (Wildman–Crippen LogP) is 1.96. The molecule has 112 valence electrons. The second kappa shape index (κ2) is 6.82. The van der Waals surface area contributed by atoms with Gasteiger partial charge in [0.2, 0.25) is 5.91 Å². The van der Waals surface area contributed by atoms with Gasteiger partial charge in [-0.15, -0.1) is 0 Å². The maximum absolute atomic E-state index is 12.3. The highest BCUT2D eigenvalue weighted by Crippen LogP contribution is 2.22. The zero-order valence-electron chi connectivity index (χ0n) is 11.6. The molecule has 0 spiro atoms. The lowest BCUT2D eigenvalue weighted by molar-refractivity contribution is -0.772. The smallest absolute Gasteiger partial charge is 0.325 e. The van der Waals surface area contributed by atoms with E-state index in [9.17, 15) is 9.59 Å². The van der Waals surface area contributed by atoms with Crippen molar-refractivity contribution >= 4 is 35.0 Å². The molecule has 0 saturated carbocycles. The van der Waals surface area contributed by atoms with Gasteiger partial charge in [0.05, 0.1) is 5.25 Å². The molecule has 1 amide bonds. The Bertz CT molecular complexity index is 681. The number of benzene rings is 1. The summed E-state index contributed by atoms with van der Waals surface area (Å²) in [5.74, 6) is -0.176. The third-order valence-electron chi connectivity index (χ3n) is 2.78. The van der Waals surface area contributed by atoms with Crippen molar-refractivity contribution in [2.45, 2.75) is 23.6 Å². The van der Waals surface area contributed by atoms with Gasteiger partial charge in [0, 0.05) is 10.7 Å². The fourth-order valence-corrected chi connectivity index (χ4v) is 2.73. The molecule has 2 rings (SSSR count). The number of carbonyl (C=O) groups is 1. The second-order valence-electron chi connectivity index (χ2n) is 4.36. The van der Waals surface area contributed by atoms with Gasteiger partial charge in [-0.2, -0.15) is 0 Å². The van der Waals surface area contributed by atoms with E-state index < -0.39 is 10.9 Å². The SMILES string of the molecule is CCC(Sc1c(=O)o[nH][n+]1C)C(=O)Nc1ccc(Cl)cc1. The number of aryl methyl sites for hydroxylation is 1. The molecule has 0 aliphatic heterocycles. The number of aromatic nitrogens is 2. The Morgan fingerprint density at radius 2 is 2.14 bits per heavy atom. The molecule has 1 aromatic heterocycles. The number of anilines is 1. The van der Waals surface area contributed by atoms with E-state index in [0.29, 0.717) is 22.2 Å². The van der Waals surface area contributed by atoms with Crippen LogP contribution < -0.4 is 15.6 Å². The lowest BCUT2D eigenvalue weighted by Crippen LogP contribution is -2.35. The summed E-state index contributed by atoms with van der Waals surface area (Å²) in [6, 6.07) is 6.85. The van der Waals surface area contributed by atoms with Crippen LogP contribution in [0.25, 0.3) is 0 Å². The standard InChI is InChI=1S/C13H14ClN3O3S/c1-3-10(21-12-13(19)20-16-17(12)2)11(18)15-9-6-4-8(14)5-7-9/h4-7,10H,3H2,1-2H3,(H-,15,16,18,19)/p+1. The highest BCUT2D eigenvalue weighted by molar-refractivity contribution is 8.00. The Morgan fingerprint density at radius 1 is 1.48 bits per heavy atom. The van der Waals surface area contributed by atoms with Crippen LogP contribution in [0.1, 0.15) is 13.3 Å². The minimum absolute atomic E-state index is 0.176. The summed E-state index contributed by atoms with van der Waals surface area (Å²) < 4.78 is 6.12. The summed E-state index contributed by atoms with van der Waals surface area (Å²) in [4.78, 5) is 23.8. The number of carbonyl (C=O) groups excluding carboxylic acids is 1. The van der Waals surface area contributed by atoms with Crippen molar-refractivity contribution in [3.8, 4) is 0 Å². The third kappa shape index (κ3) is 3.89. The van der Waals surface area contributed by atoms with Crippen LogP contribution in [0.3, 0.4) is 0 Å². The minimum Gasteiger partial charge on any atom is -0.325 e. The van der Waals surface area contributed by atoms with E-state index in [-0.39, 0.29) is 5.91 Å². The zero-order valence-corrected chi connectivity index (χ0v) is 13.1. The highest BCUT2D eigenvalue weighted by atomic mass is 35.5. The average Bonchev–Trinajstić information content (AvgIpc) is 2.78. The molecule has 0 radical (unpaired) electrons. The van der Waals surface area contributed by atoms with Gasteiger partial charge in [-0.25, -0.2) is 4.79 Å². The summed E-state index contributed by atoms with van der Waals surface area (Å²) >= 11 is 6.97. The molecule has 1 unspecified atom stereocenters. The van der Waals surface area contributed by atoms with Crippen molar-refractivity contribution in [1.29, 1.82) is 0 Å². The number of hydrogen-bond acceptors (Lipinski definition) is 4. The Labute approximate surface area is 130 Å². The molecular weight excluding hydrogens is 314 g/mol. The molecule has 8 heteroatoms. The van der Waals surface area contributed by atoms with Crippen LogP contribution in [-0.2, 0) is 11.8 Å². The summed E-state index contributed by atoms with van der Waals surface area (Å²) in [5, 5.41) is 5.78. The molecule has 2 N–H and O–H groups in total. The molecule has 0 fully saturated rings. The first-order valence-electron chi connectivity index (χ1n) is 6.32. The van der Waals surface area contributed by atoms with E-state index >= 15 is 0 Å². The van der Waals surface area contributed by atoms with Gasteiger partial charge in [0.1, 0.15) is 0 Å². The maximum atomic E-state index is 12.3. The van der Waals surface area contributed by atoms with Gasteiger partial charge >= 0.3 is 10.7 Å². The topological polar surface area (TPSA) is 79.0 Å². The largest absolute Gasteiger partial charge is 0.441 e. The molecule has 1 heterocycles. The van der Waals surface area contributed by atoms with Crippen molar-refractivity contribution in [3.63, 3.8) is 0 Å². The number of H-pyrrole nitrogens is 1. The lowest BCUT2D eigenvalue weighted by Gasteiger charge is -2.11. The van der Waals surface area contributed by atoms with Crippen molar-refractivity contribution in [1.82, 2.24) is 5.27 Å². The molecule has 6 nitrogen and oxygen atoms in total. The summed E-state index contributed by atoms with van der Waals surface area (Å²) in [5.41, 5.74) is 0.175. The van der Waals surface area contributed by atoms with Crippen molar-refractivity contribution < 1.29 is 14.0 Å². The first-order valence-corrected chi connectivity index (χ1v) is 7.57. The molecule has 2 aromatic rings. The van der Waals surface area contributed by atoms with E-state index in [2.05, 4.69) is 15.1 Å². The van der Waals surface area contributed by atoms with Crippen LogP contribution in [0, 0.1) is 0 Å². The number of aromatic amines is 1. The van der Waals surface area contributed by atoms with Crippen molar-refractivity contribution in [2.24, 2.45) is 7.05 Å². The maximum Gasteiger partial charge on any atom is 0.441 e. The average molecular weight is 329 g/mol. The number of hydrogen-bond donors (Lipinski definition) is 2. The molecular formula is C13H15ClN3O3S+. The van der Waals surface area contributed by atoms with Crippen molar-refractivity contribution in [2.75, 3.05) is 5.32 Å². The van der Waals surface area contributed by atoms with Crippen LogP contribution in [0.15, 0.2) is 38.6 Å². The van der Waals surface area contributed by atoms with E-state index in [0.717, 1.165) is 0 Å². The molecule has 1 aromatic carbocycles. The number of thioether (sulfide) groups is 1. The fraction of sp³-hybridized carbons (Fsp3) is 0.308. The van der Waals surface area contributed by atoms with Crippen LogP contribution in [-0.4, -0.2) is 16.4 Å². The summed E-state index contributed by atoms with van der Waals surface area (Å²) in [6.45, 7) is 1.88. The Kier molecular flexibility index (Phi) is 5.08. The van der Waals surface area contributed by atoms with Crippen LogP contribution in [0.2, 0.25) is 5.02 Å². The molecule has 21 heavy (non-hydrogen) atoms. The fourth-order valence-electron chi connectivity index (χ4n) is 1.67. The molecule has 1 atom stereocenters. The van der Waals surface area contributed by atoms with Crippen LogP contribution in [0.5, 0.6) is 0 Å². The summed E-state index contributed by atoms with van der Waals surface area (Å²) in [7, 11) is 1.65. The number of amides is 1. The number of nitrogens with one attached hydrogen (secondary N) is 2. The van der Waals surface area contributed by atoms with Gasteiger partial charge < -0.3 is 5.32 Å². The minimum atomic E-state index is -0.486. The normalized spacial score (nSPS) is 12.1. The first kappa shape index (κ1) is 15.7. The molecule has 0 aliphatic carbocycles. The third-order valence-corrected chi connectivity index (χ3v) is 4.53. The predicted molar refractivity (Wildman–Crippen MR) is 80.5 cm³/mol. The summed E-state index contributed by atoms with van der Waals surface area (Å²) in [6.07, 6.45) is 0.578. The monoisotopic (exact) mass is 328 g/mol. The molecule has 0 aliphatic rings. The highest BCUT2D eigenvalue weighted by Gasteiger charge is 2.27. The Hall–Kier alpha value is -1.73. The number of halogens is 1.